The summed E-state index contributed by atoms with van der Waals surface area (Å²) in [6.07, 6.45) is 6.09. The van der Waals surface area contributed by atoms with Crippen molar-refractivity contribution in [3.8, 4) is 5.75 Å². The Morgan fingerprint density at radius 3 is 2.88 bits per heavy atom. The number of benzene rings is 1. The second-order valence-electron chi connectivity index (χ2n) is 7.59. The van der Waals surface area contributed by atoms with Crippen LogP contribution >= 0.6 is 22.9 Å². The first-order valence-electron chi connectivity index (χ1n) is 10.7. The molecule has 0 unspecified atom stereocenters. The second-order valence-corrected chi connectivity index (χ2v) is 9.11. The molecule has 0 fully saturated rings. The number of rotatable bonds is 8. The molecule has 1 aromatic carbocycles. The van der Waals surface area contributed by atoms with Crippen molar-refractivity contribution in [1.82, 2.24) is 9.78 Å². The second kappa shape index (κ2) is 10.4. The number of nitrogens with one attached hydrogen (secondary N) is 1. The van der Waals surface area contributed by atoms with Crippen molar-refractivity contribution in [1.29, 1.82) is 0 Å². The summed E-state index contributed by atoms with van der Waals surface area (Å²) in [6, 6.07) is 5.59. The van der Waals surface area contributed by atoms with Gasteiger partial charge in [-0.1, -0.05) is 18.5 Å². The van der Waals surface area contributed by atoms with Gasteiger partial charge in [-0.05, 0) is 55.9 Å². The highest BCUT2D eigenvalue weighted by Crippen LogP contribution is 2.38. The summed E-state index contributed by atoms with van der Waals surface area (Å²) in [4.78, 5) is 26.7. The van der Waals surface area contributed by atoms with E-state index in [0.717, 1.165) is 42.5 Å². The number of thiophene rings is 1. The van der Waals surface area contributed by atoms with E-state index in [2.05, 4.69) is 10.4 Å². The molecule has 0 aliphatic heterocycles. The Kier molecular flexibility index (Phi) is 7.29. The Labute approximate surface area is 199 Å². The number of hydrogen-bond acceptors (Lipinski definition) is 6. The van der Waals surface area contributed by atoms with Crippen LogP contribution in [0.1, 0.15) is 57.5 Å². The fraction of sp³-hybridized carbons (Fsp3) is 0.348. The van der Waals surface area contributed by atoms with E-state index >= 15 is 0 Å². The smallest absolute Gasteiger partial charge is 0.341 e. The fourth-order valence-corrected chi connectivity index (χ4v) is 5.01. The minimum Gasteiger partial charge on any atom is -0.471 e. The first-order chi connectivity index (χ1) is 16.0. The summed E-state index contributed by atoms with van der Waals surface area (Å²) in [5, 5.41) is 7.53. The molecule has 0 radical (unpaired) electrons. The molecule has 0 saturated heterocycles. The van der Waals surface area contributed by atoms with E-state index in [9.17, 15) is 14.0 Å². The number of esters is 1. The van der Waals surface area contributed by atoms with Crippen LogP contribution < -0.4 is 10.1 Å². The molecular formula is C23H23ClFN3O4S. The lowest BCUT2D eigenvalue weighted by Crippen LogP contribution is -2.17. The van der Waals surface area contributed by atoms with E-state index in [1.54, 1.807) is 12.3 Å². The van der Waals surface area contributed by atoms with Gasteiger partial charge in [0.25, 0.3) is 5.91 Å². The Balaban J connectivity index is 1.46. The van der Waals surface area contributed by atoms with E-state index in [1.165, 1.54) is 34.2 Å². The van der Waals surface area contributed by atoms with Crippen molar-refractivity contribution in [2.75, 3.05) is 11.9 Å². The first kappa shape index (κ1) is 23.3. The van der Waals surface area contributed by atoms with Gasteiger partial charge >= 0.3 is 5.97 Å². The summed E-state index contributed by atoms with van der Waals surface area (Å²) < 4.78 is 25.6. The van der Waals surface area contributed by atoms with Crippen LogP contribution in [0.2, 0.25) is 5.02 Å². The number of carbonyl (C=O) groups excluding carboxylic acids is 2. The molecule has 33 heavy (non-hydrogen) atoms. The third-order valence-electron chi connectivity index (χ3n) is 5.17. The van der Waals surface area contributed by atoms with E-state index in [-0.39, 0.29) is 17.4 Å². The van der Waals surface area contributed by atoms with Crippen molar-refractivity contribution in [3.05, 3.63) is 63.0 Å². The minimum atomic E-state index is -0.532. The normalized spacial score (nSPS) is 12.8. The predicted molar refractivity (Wildman–Crippen MR) is 124 cm³/mol. The quantitative estimate of drug-likeness (QED) is 0.422. The van der Waals surface area contributed by atoms with E-state index in [1.807, 2.05) is 6.92 Å². The molecule has 3 aromatic rings. The Morgan fingerprint density at radius 2 is 2.09 bits per heavy atom. The average Bonchev–Trinajstić information content (AvgIpc) is 3.43. The molecule has 2 aromatic heterocycles. The SMILES string of the molecule is CCCOC(=O)c1c(NC(=O)c2ccn(COc3ccc(F)c(Cl)c3)n2)sc2c1CCCC2. The first-order valence-corrected chi connectivity index (χ1v) is 11.9. The number of hydrogen-bond donors (Lipinski definition) is 1. The summed E-state index contributed by atoms with van der Waals surface area (Å²) >= 11 is 7.18. The summed E-state index contributed by atoms with van der Waals surface area (Å²) in [5.41, 5.74) is 1.63. The lowest BCUT2D eigenvalue weighted by Gasteiger charge is -2.12. The molecule has 1 N–H and O–H groups in total. The van der Waals surface area contributed by atoms with Gasteiger partial charge in [0.05, 0.1) is 17.2 Å². The number of fused-ring (bicyclic) bond motifs is 1. The van der Waals surface area contributed by atoms with Gasteiger partial charge in [-0.15, -0.1) is 11.3 Å². The van der Waals surface area contributed by atoms with Crippen LogP contribution in [0.15, 0.2) is 30.5 Å². The molecule has 0 bridgehead atoms. The molecule has 7 nitrogen and oxygen atoms in total. The Hall–Kier alpha value is -2.91. The predicted octanol–water partition coefficient (Wildman–Crippen LogP) is 5.47. The molecule has 0 atom stereocenters. The number of carbonyl (C=O) groups is 2. The zero-order valence-corrected chi connectivity index (χ0v) is 19.6. The fourth-order valence-electron chi connectivity index (χ4n) is 3.57. The van der Waals surface area contributed by atoms with Crippen LogP contribution in [0.3, 0.4) is 0 Å². The van der Waals surface area contributed by atoms with Gasteiger partial charge in [-0.25, -0.2) is 13.9 Å². The van der Waals surface area contributed by atoms with E-state index in [0.29, 0.717) is 22.9 Å². The number of halogens is 2. The van der Waals surface area contributed by atoms with E-state index < -0.39 is 17.7 Å². The molecule has 10 heteroatoms. The highest BCUT2D eigenvalue weighted by molar-refractivity contribution is 7.17. The summed E-state index contributed by atoms with van der Waals surface area (Å²) in [6.45, 7) is 2.28. The lowest BCUT2D eigenvalue weighted by atomic mass is 9.95. The van der Waals surface area contributed by atoms with Crippen molar-refractivity contribution in [2.24, 2.45) is 0 Å². The number of aryl methyl sites for hydroxylation is 1. The Morgan fingerprint density at radius 1 is 1.27 bits per heavy atom. The number of ether oxygens (including phenoxy) is 2. The van der Waals surface area contributed by atoms with Gasteiger partial charge in [-0.3, -0.25) is 4.79 Å². The molecule has 1 aliphatic rings. The standard InChI is InChI=1S/C23H23ClFN3O4S/c1-2-11-31-23(30)20-15-5-3-4-6-19(15)33-22(20)26-21(29)18-9-10-28(27-18)13-32-14-7-8-17(25)16(24)12-14/h7-10,12H,2-6,11,13H2,1H3,(H,26,29). The average molecular weight is 492 g/mol. The lowest BCUT2D eigenvalue weighted by molar-refractivity contribution is 0.0505. The zero-order chi connectivity index (χ0) is 23.4. The van der Waals surface area contributed by atoms with Crippen molar-refractivity contribution < 1.29 is 23.5 Å². The maximum atomic E-state index is 13.3. The molecule has 4 rings (SSSR count). The van der Waals surface area contributed by atoms with Crippen LogP contribution in [0.5, 0.6) is 5.75 Å². The van der Waals surface area contributed by atoms with Crippen LogP contribution in [0, 0.1) is 5.82 Å². The van der Waals surface area contributed by atoms with Gasteiger partial charge < -0.3 is 14.8 Å². The van der Waals surface area contributed by atoms with Gasteiger partial charge in [0.1, 0.15) is 16.6 Å². The third kappa shape index (κ3) is 5.36. The van der Waals surface area contributed by atoms with E-state index in [4.69, 9.17) is 21.1 Å². The number of nitrogens with zero attached hydrogens (tertiary/aromatic N) is 2. The zero-order valence-electron chi connectivity index (χ0n) is 18.0. The Bertz CT molecular complexity index is 1180. The van der Waals surface area contributed by atoms with Gasteiger partial charge in [0.2, 0.25) is 0 Å². The largest absolute Gasteiger partial charge is 0.471 e. The van der Waals surface area contributed by atoms with Crippen LogP contribution in [0.4, 0.5) is 9.39 Å². The van der Waals surface area contributed by atoms with Crippen molar-refractivity contribution >= 4 is 39.8 Å². The monoisotopic (exact) mass is 491 g/mol. The van der Waals surface area contributed by atoms with Gasteiger partial charge in [-0.2, -0.15) is 5.10 Å². The van der Waals surface area contributed by atoms with Gasteiger partial charge in [0.15, 0.2) is 12.4 Å². The minimum absolute atomic E-state index is 0.0110. The molecule has 0 saturated carbocycles. The van der Waals surface area contributed by atoms with Crippen LogP contribution in [-0.2, 0) is 24.3 Å². The molecule has 1 aliphatic carbocycles. The number of amides is 1. The molecular weight excluding hydrogens is 469 g/mol. The van der Waals surface area contributed by atoms with Crippen LogP contribution in [-0.4, -0.2) is 28.3 Å². The topological polar surface area (TPSA) is 82.5 Å². The highest BCUT2D eigenvalue weighted by atomic mass is 35.5. The number of aromatic nitrogens is 2. The number of anilines is 1. The summed E-state index contributed by atoms with van der Waals surface area (Å²) in [5.74, 6) is -0.984. The molecule has 1 amide bonds. The molecule has 0 spiro atoms. The third-order valence-corrected chi connectivity index (χ3v) is 6.66. The maximum Gasteiger partial charge on any atom is 0.341 e. The van der Waals surface area contributed by atoms with Crippen molar-refractivity contribution in [2.45, 2.75) is 45.8 Å². The summed E-state index contributed by atoms with van der Waals surface area (Å²) in [7, 11) is 0. The van der Waals surface area contributed by atoms with Gasteiger partial charge in [0, 0.05) is 17.1 Å². The van der Waals surface area contributed by atoms with Crippen LogP contribution in [0.25, 0.3) is 0 Å². The molecule has 2 heterocycles. The maximum absolute atomic E-state index is 13.3. The van der Waals surface area contributed by atoms with Crippen molar-refractivity contribution in [3.63, 3.8) is 0 Å². The molecule has 174 valence electrons. The highest BCUT2D eigenvalue weighted by Gasteiger charge is 2.28.